The number of carbonyl (C=O) groups excluding carboxylic acids is 1. The van der Waals surface area contributed by atoms with Gasteiger partial charge in [-0.05, 0) is 24.0 Å². The standard InChI is InChI=1S/C14H19NO/c16-14(10-12-4-1-2-5-12)8-7-13-6-3-9-15-11-13/h3,6,9,11-12H,1-2,4-5,7-8,10H2. The second kappa shape index (κ2) is 5.78. The molecule has 1 fully saturated rings. The van der Waals surface area contributed by atoms with E-state index >= 15 is 0 Å². The molecule has 1 aliphatic rings. The van der Waals surface area contributed by atoms with Crippen molar-refractivity contribution in [3.63, 3.8) is 0 Å². The Morgan fingerprint density at radius 1 is 1.38 bits per heavy atom. The number of rotatable bonds is 5. The molecule has 1 aromatic heterocycles. The first-order valence-corrected chi connectivity index (χ1v) is 6.25. The second-order valence-corrected chi connectivity index (χ2v) is 4.75. The largest absolute Gasteiger partial charge is 0.300 e. The summed E-state index contributed by atoms with van der Waals surface area (Å²) in [7, 11) is 0. The van der Waals surface area contributed by atoms with Crippen LogP contribution in [0.4, 0.5) is 0 Å². The van der Waals surface area contributed by atoms with Crippen molar-refractivity contribution in [1.82, 2.24) is 4.98 Å². The van der Waals surface area contributed by atoms with E-state index in [-0.39, 0.29) is 0 Å². The van der Waals surface area contributed by atoms with E-state index in [9.17, 15) is 4.79 Å². The lowest BCUT2D eigenvalue weighted by atomic mass is 9.98. The minimum Gasteiger partial charge on any atom is -0.300 e. The van der Waals surface area contributed by atoms with Crippen LogP contribution >= 0.6 is 0 Å². The van der Waals surface area contributed by atoms with Crippen LogP contribution in [0.25, 0.3) is 0 Å². The number of aryl methyl sites for hydroxylation is 1. The maximum atomic E-state index is 11.8. The molecule has 0 unspecified atom stereocenters. The summed E-state index contributed by atoms with van der Waals surface area (Å²) in [6, 6.07) is 3.96. The minimum absolute atomic E-state index is 0.427. The average Bonchev–Trinajstić information content (AvgIpc) is 2.81. The van der Waals surface area contributed by atoms with Crippen molar-refractivity contribution >= 4 is 5.78 Å². The quantitative estimate of drug-likeness (QED) is 0.758. The number of ketones is 1. The number of hydrogen-bond acceptors (Lipinski definition) is 2. The third-order valence-electron chi connectivity index (χ3n) is 3.41. The topological polar surface area (TPSA) is 30.0 Å². The summed E-state index contributed by atoms with van der Waals surface area (Å²) in [6.07, 6.45) is 11.1. The summed E-state index contributed by atoms with van der Waals surface area (Å²) in [5.41, 5.74) is 1.17. The van der Waals surface area contributed by atoms with Crippen LogP contribution in [0.15, 0.2) is 24.5 Å². The molecule has 1 aliphatic carbocycles. The number of pyridine rings is 1. The molecule has 0 radical (unpaired) electrons. The van der Waals surface area contributed by atoms with E-state index in [2.05, 4.69) is 4.98 Å². The molecule has 16 heavy (non-hydrogen) atoms. The van der Waals surface area contributed by atoms with E-state index < -0.39 is 0 Å². The molecular weight excluding hydrogens is 198 g/mol. The van der Waals surface area contributed by atoms with Crippen LogP contribution in [0.1, 0.15) is 44.1 Å². The van der Waals surface area contributed by atoms with E-state index in [0.717, 1.165) is 12.8 Å². The van der Waals surface area contributed by atoms with Gasteiger partial charge in [-0.3, -0.25) is 9.78 Å². The number of aromatic nitrogens is 1. The highest BCUT2D eigenvalue weighted by molar-refractivity contribution is 5.78. The monoisotopic (exact) mass is 217 g/mol. The van der Waals surface area contributed by atoms with Crippen molar-refractivity contribution in [1.29, 1.82) is 0 Å². The van der Waals surface area contributed by atoms with Gasteiger partial charge in [0.05, 0.1) is 0 Å². The number of carbonyl (C=O) groups is 1. The van der Waals surface area contributed by atoms with Gasteiger partial charge < -0.3 is 0 Å². The van der Waals surface area contributed by atoms with Crippen LogP contribution < -0.4 is 0 Å². The molecule has 1 aromatic rings. The highest BCUT2D eigenvalue weighted by Gasteiger charge is 2.17. The molecular formula is C14H19NO. The van der Waals surface area contributed by atoms with Crippen LogP contribution in [0.5, 0.6) is 0 Å². The van der Waals surface area contributed by atoms with Crippen molar-refractivity contribution in [3.8, 4) is 0 Å². The fourth-order valence-corrected chi connectivity index (χ4v) is 2.47. The molecule has 86 valence electrons. The molecule has 0 N–H and O–H groups in total. The summed E-state index contributed by atoms with van der Waals surface area (Å²) >= 11 is 0. The Balaban J connectivity index is 1.71. The van der Waals surface area contributed by atoms with E-state index in [1.165, 1.54) is 31.2 Å². The molecule has 2 nitrogen and oxygen atoms in total. The van der Waals surface area contributed by atoms with Crippen LogP contribution in [0, 0.1) is 5.92 Å². The van der Waals surface area contributed by atoms with Gasteiger partial charge in [-0.25, -0.2) is 0 Å². The highest BCUT2D eigenvalue weighted by atomic mass is 16.1. The van der Waals surface area contributed by atoms with Crippen molar-refractivity contribution in [2.45, 2.75) is 44.9 Å². The first-order chi connectivity index (χ1) is 7.84. The third kappa shape index (κ3) is 3.44. The third-order valence-corrected chi connectivity index (χ3v) is 3.41. The van der Waals surface area contributed by atoms with E-state index in [1.54, 1.807) is 6.20 Å². The molecule has 0 atom stereocenters. The van der Waals surface area contributed by atoms with Crippen molar-refractivity contribution < 1.29 is 4.79 Å². The van der Waals surface area contributed by atoms with Crippen LogP contribution in [0.3, 0.4) is 0 Å². The van der Waals surface area contributed by atoms with Crippen LogP contribution in [-0.4, -0.2) is 10.8 Å². The fourth-order valence-electron chi connectivity index (χ4n) is 2.47. The summed E-state index contributed by atoms with van der Waals surface area (Å²) in [6.45, 7) is 0. The zero-order valence-electron chi connectivity index (χ0n) is 9.69. The first-order valence-electron chi connectivity index (χ1n) is 6.25. The fraction of sp³-hybridized carbons (Fsp3) is 0.571. The molecule has 2 heteroatoms. The van der Waals surface area contributed by atoms with Crippen molar-refractivity contribution in [2.24, 2.45) is 5.92 Å². The Morgan fingerprint density at radius 2 is 2.19 bits per heavy atom. The van der Waals surface area contributed by atoms with Crippen molar-refractivity contribution in [3.05, 3.63) is 30.1 Å². The SMILES string of the molecule is O=C(CCc1cccnc1)CC1CCCC1. The molecule has 1 heterocycles. The normalized spacial score (nSPS) is 16.5. The Hall–Kier alpha value is -1.18. The second-order valence-electron chi connectivity index (χ2n) is 4.75. The Morgan fingerprint density at radius 3 is 2.88 bits per heavy atom. The lowest BCUT2D eigenvalue weighted by molar-refractivity contribution is -0.119. The number of hydrogen-bond donors (Lipinski definition) is 0. The first kappa shape index (κ1) is 11.3. The Bertz CT molecular complexity index is 328. The summed E-state index contributed by atoms with van der Waals surface area (Å²) in [5.74, 6) is 1.11. The zero-order chi connectivity index (χ0) is 11.2. The molecule has 0 aliphatic heterocycles. The molecule has 0 aromatic carbocycles. The maximum absolute atomic E-state index is 11.8. The van der Waals surface area contributed by atoms with Gasteiger partial charge in [0, 0.05) is 25.2 Å². The molecule has 1 saturated carbocycles. The van der Waals surface area contributed by atoms with Gasteiger partial charge in [-0.2, -0.15) is 0 Å². The number of Topliss-reactive ketones (excluding diaryl/α,β-unsaturated/α-hetero) is 1. The molecule has 2 rings (SSSR count). The maximum Gasteiger partial charge on any atom is 0.133 e. The van der Waals surface area contributed by atoms with E-state index in [4.69, 9.17) is 0 Å². The van der Waals surface area contributed by atoms with Gasteiger partial charge in [0.1, 0.15) is 5.78 Å². The van der Waals surface area contributed by atoms with E-state index in [0.29, 0.717) is 18.1 Å². The zero-order valence-corrected chi connectivity index (χ0v) is 9.69. The smallest absolute Gasteiger partial charge is 0.133 e. The van der Waals surface area contributed by atoms with Gasteiger partial charge >= 0.3 is 0 Å². The van der Waals surface area contributed by atoms with Crippen LogP contribution in [-0.2, 0) is 11.2 Å². The van der Waals surface area contributed by atoms with Gasteiger partial charge in [0.15, 0.2) is 0 Å². The lowest BCUT2D eigenvalue weighted by Crippen LogP contribution is -2.06. The summed E-state index contributed by atoms with van der Waals surface area (Å²) in [4.78, 5) is 15.8. The van der Waals surface area contributed by atoms with Crippen molar-refractivity contribution in [2.75, 3.05) is 0 Å². The summed E-state index contributed by atoms with van der Waals surface area (Å²) in [5, 5.41) is 0. The average molecular weight is 217 g/mol. The molecule has 0 amide bonds. The Kier molecular flexibility index (Phi) is 4.09. The number of nitrogens with zero attached hydrogens (tertiary/aromatic N) is 1. The van der Waals surface area contributed by atoms with Gasteiger partial charge in [-0.1, -0.05) is 31.7 Å². The minimum atomic E-state index is 0.427. The summed E-state index contributed by atoms with van der Waals surface area (Å²) < 4.78 is 0. The van der Waals surface area contributed by atoms with Gasteiger partial charge in [0.2, 0.25) is 0 Å². The predicted octanol–water partition coefficient (Wildman–Crippen LogP) is 3.16. The molecule has 0 bridgehead atoms. The Labute approximate surface area is 97.1 Å². The molecule has 0 saturated heterocycles. The van der Waals surface area contributed by atoms with Crippen LogP contribution in [0.2, 0.25) is 0 Å². The highest BCUT2D eigenvalue weighted by Crippen LogP contribution is 2.28. The lowest BCUT2D eigenvalue weighted by Gasteiger charge is -2.07. The van der Waals surface area contributed by atoms with Gasteiger partial charge in [-0.15, -0.1) is 0 Å². The predicted molar refractivity (Wildman–Crippen MR) is 64.1 cm³/mol. The van der Waals surface area contributed by atoms with Gasteiger partial charge in [0.25, 0.3) is 0 Å². The molecule has 0 spiro atoms. The van der Waals surface area contributed by atoms with E-state index in [1.807, 2.05) is 18.3 Å².